The van der Waals surface area contributed by atoms with Crippen molar-refractivity contribution in [3.05, 3.63) is 80.3 Å². The zero-order valence-corrected chi connectivity index (χ0v) is 26.4. The van der Waals surface area contributed by atoms with Crippen molar-refractivity contribution in [2.75, 3.05) is 7.11 Å². The van der Waals surface area contributed by atoms with Crippen LogP contribution in [-0.2, 0) is 44.0 Å². The Morgan fingerprint density at radius 1 is 1.22 bits per heavy atom. The molecule has 6 nitrogen and oxygen atoms in total. The number of hydrogen-bond acceptors (Lipinski definition) is 6. The molecule has 1 radical (unpaired) electrons. The molecule has 0 aliphatic carbocycles. The molecule has 0 amide bonds. The molecule has 8 heteroatoms. The van der Waals surface area contributed by atoms with Crippen LogP contribution in [0.1, 0.15) is 85.9 Å². The van der Waals surface area contributed by atoms with E-state index in [9.17, 15) is 14.7 Å². The van der Waals surface area contributed by atoms with Crippen LogP contribution in [-0.4, -0.2) is 18.0 Å². The van der Waals surface area contributed by atoms with Gasteiger partial charge >= 0.3 is 5.63 Å². The average molecular weight is 602 g/mol. The molecule has 2 aromatic heterocycles. The van der Waals surface area contributed by atoms with Crippen molar-refractivity contribution < 1.29 is 51.9 Å². The molecule has 1 N–H and O–H groups in total. The van der Waals surface area contributed by atoms with Gasteiger partial charge in [0.2, 0.25) is 0 Å². The first-order valence-electron chi connectivity index (χ1n) is 12.5. The molecule has 0 saturated carbocycles. The predicted octanol–water partition coefficient (Wildman–Crippen LogP) is 8.07. The number of carbonyl (C=O) groups is 1. The molecule has 3 rings (SSSR count). The maximum absolute atomic E-state index is 11.9. The van der Waals surface area contributed by atoms with Gasteiger partial charge in [0.15, 0.2) is 5.78 Å². The fraction of sp³-hybridized carbons (Fsp3) is 0.448. The quantitative estimate of drug-likeness (QED) is 0.177. The first-order chi connectivity index (χ1) is 17.2. The first kappa shape index (κ1) is 33.2. The Morgan fingerprint density at radius 2 is 1.95 bits per heavy atom. The minimum Gasteiger partial charge on any atom is -0.569 e. The fourth-order valence-corrected chi connectivity index (χ4v) is 4.66. The summed E-state index contributed by atoms with van der Waals surface area (Å²) in [7, 11) is 1.46. The van der Waals surface area contributed by atoms with E-state index < -0.39 is 11.4 Å². The summed E-state index contributed by atoms with van der Waals surface area (Å²) in [6.45, 7) is 9.62. The SMILES string of the molecule is CCCCc1ccc2cc(C)sc2c1.CO[N-]/C=C\CCC(C)c1cc(O)c(C(=O)C(C)C)c(=O)o1.[Y]. The number of aromatic hydroxyl groups is 1. The van der Waals surface area contributed by atoms with E-state index in [0.717, 1.165) is 0 Å². The van der Waals surface area contributed by atoms with E-state index in [1.54, 1.807) is 20.0 Å². The van der Waals surface area contributed by atoms with Crippen LogP contribution < -0.4 is 5.63 Å². The number of Topliss-reactive ketones (excluding diaryl/α,β-unsaturated/α-hetero) is 1. The second-order valence-electron chi connectivity index (χ2n) is 9.20. The van der Waals surface area contributed by atoms with Crippen molar-refractivity contribution in [2.45, 2.75) is 72.6 Å². The van der Waals surface area contributed by atoms with Gasteiger partial charge in [0.05, 0.1) is 0 Å². The van der Waals surface area contributed by atoms with Gasteiger partial charge in [-0.15, -0.1) is 17.4 Å². The molecule has 0 aliphatic heterocycles. The molecule has 3 aromatic rings. The number of carbonyl (C=O) groups excluding carboxylic acids is 1. The summed E-state index contributed by atoms with van der Waals surface area (Å²) in [4.78, 5) is 29.8. The first-order valence-corrected chi connectivity index (χ1v) is 13.3. The van der Waals surface area contributed by atoms with Gasteiger partial charge in [-0.25, -0.2) is 4.79 Å². The summed E-state index contributed by atoms with van der Waals surface area (Å²) in [6.07, 6.45) is 8.60. The summed E-state index contributed by atoms with van der Waals surface area (Å²) < 4.78 is 6.63. The van der Waals surface area contributed by atoms with Crippen molar-refractivity contribution in [2.24, 2.45) is 5.92 Å². The summed E-state index contributed by atoms with van der Waals surface area (Å²) in [6, 6.07) is 10.5. The Balaban J connectivity index is 0.000000392. The second-order valence-corrected chi connectivity index (χ2v) is 10.5. The van der Waals surface area contributed by atoms with Crippen molar-refractivity contribution in [3.63, 3.8) is 0 Å². The number of hydrogen-bond donors (Lipinski definition) is 1. The third kappa shape index (κ3) is 10.5. The number of hydroxylamine groups is 1. The van der Waals surface area contributed by atoms with Crippen LogP contribution >= 0.6 is 11.3 Å². The molecule has 2 heterocycles. The number of nitrogens with zero attached hydrogens (tertiary/aromatic N) is 1. The Hall–Kier alpha value is -1.80. The van der Waals surface area contributed by atoms with Gasteiger partial charge in [-0.1, -0.05) is 46.2 Å². The monoisotopic (exact) mass is 601 g/mol. The normalized spacial score (nSPS) is 11.8. The number of fused-ring (bicyclic) bond motifs is 1. The van der Waals surface area contributed by atoms with E-state index in [1.165, 1.54) is 53.0 Å². The Labute approximate surface area is 249 Å². The molecule has 0 fully saturated rings. The zero-order valence-electron chi connectivity index (χ0n) is 22.7. The number of rotatable bonds is 11. The number of allylic oxidation sites excluding steroid dienone is 1. The molecule has 1 aromatic carbocycles. The predicted molar refractivity (Wildman–Crippen MR) is 148 cm³/mol. The van der Waals surface area contributed by atoms with Gasteiger partial charge in [0, 0.05) is 67.3 Å². The number of ketones is 1. The molecule has 0 saturated heterocycles. The number of benzene rings is 1. The maximum atomic E-state index is 11.9. The Morgan fingerprint density at radius 3 is 2.57 bits per heavy atom. The van der Waals surface area contributed by atoms with Crippen LogP contribution in [0.5, 0.6) is 5.75 Å². The van der Waals surface area contributed by atoms with E-state index in [4.69, 9.17) is 4.42 Å². The molecule has 1 unspecified atom stereocenters. The van der Waals surface area contributed by atoms with E-state index in [-0.39, 0.29) is 55.9 Å². The van der Waals surface area contributed by atoms with Crippen LogP contribution in [0.3, 0.4) is 0 Å². The topological polar surface area (TPSA) is 90.8 Å². The van der Waals surface area contributed by atoms with Crippen LogP contribution in [0, 0.1) is 12.8 Å². The average Bonchev–Trinajstić information content (AvgIpc) is 3.21. The van der Waals surface area contributed by atoms with Crippen LogP contribution in [0.4, 0.5) is 0 Å². The van der Waals surface area contributed by atoms with E-state index in [0.29, 0.717) is 18.6 Å². The van der Waals surface area contributed by atoms with Gasteiger partial charge in [0.25, 0.3) is 0 Å². The third-order valence-electron chi connectivity index (χ3n) is 5.77. The van der Waals surface area contributed by atoms with E-state index in [1.807, 2.05) is 24.3 Å². The van der Waals surface area contributed by atoms with Crippen LogP contribution in [0.2, 0.25) is 0 Å². The molecule has 0 spiro atoms. The van der Waals surface area contributed by atoms with Crippen molar-refractivity contribution >= 4 is 27.2 Å². The molecular formula is C29H38NO5SY-. The smallest absolute Gasteiger partial charge is 0.350 e. The minimum absolute atomic E-state index is 0. The number of thiophene rings is 1. The van der Waals surface area contributed by atoms with Gasteiger partial charge in [0.1, 0.15) is 17.1 Å². The number of aryl methyl sites for hydroxylation is 2. The summed E-state index contributed by atoms with van der Waals surface area (Å²) in [5.74, 6) is -0.836. The van der Waals surface area contributed by atoms with Gasteiger partial charge in [-0.3, -0.25) is 4.79 Å². The maximum Gasteiger partial charge on any atom is 0.350 e. The second kappa shape index (κ2) is 16.9. The summed E-state index contributed by atoms with van der Waals surface area (Å²) in [5.41, 5.74) is 4.01. The summed E-state index contributed by atoms with van der Waals surface area (Å²) in [5, 5.41) is 11.4. The number of unbranched alkanes of at least 4 members (excludes halogenated alkanes) is 1. The zero-order chi connectivity index (χ0) is 26.7. The van der Waals surface area contributed by atoms with Crippen molar-refractivity contribution in [1.29, 1.82) is 0 Å². The fourth-order valence-electron chi connectivity index (χ4n) is 3.67. The molecular weight excluding hydrogens is 563 g/mol. The third-order valence-corrected chi connectivity index (χ3v) is 6.78. The molecule has 199 valence electrons. The molecule has 1 atom stereocenters. The van der Waals surface area contributed by atoms with E-state index in [2.05, 4.69) is 48.4 Å². The van der Waals surface area contributed by atoms with Crippen LogP contribution in [0.25, 0.3) is 15.6 Å². The molecule has 0 bridgehead atoms. The largest absolute Gasteiger partial charge is 0.569 e. The molecule has 37 heavy (non-hydrogen) atoms. The van der Waals surface area contributed by atoms with Gasteiger partial charge < -0.3 is 19.8 Å². The summed E-state index contributed by atoms with van der Waals surface area (Å²) >= 11 is 1.90. The van der Waals surface area contributed by atoms with Gasteiger partial charge in [-0.2, -0.15) is 6.20 Å². The Bertz CT molecular complexity index is 1210. The standard InChI is InChI=1S/C16H22NO5.C13H16S.Y/c1-10(2)15(19)14-12(18)9-13(22-16(14)20)11(3)7-5-6-8-17-21-4;1-3-4-5-11-6-7-12-8-10(2)14-13(12)9-11;/h6,8-11H,5,7H2,1-4H3,(H,18,19,20);6-9H,3-5H2,1-2H3;/q-1;;/b8-6-;;. The van der Waals surface area contributed by atoms with Crippen molar-refractivity contribution in [1.82, 2.24) is 0 Å². The minimum atomic E-state index is -0.787. The molecule has 0 aliphatic rings. The van der Waals surface area contributed by atoms with Crippen molar-refractivity contribution in [3.8, 4) is 5.75 Å². The van der Waals surface area contributed by atoms with Gasteiger partial charge in [-0.05, 0) is 55.7 Å². The van der Waals surface area contributed by atoms with E-state index >= 15 is 0 Å². The Kier molecular flexibility index (Phi) is 15.2. The van der Waals surface area contributed by atoms with Crippen LogP contribution in [0.15, 0.2) is 51.8 Å².